The van der Waals surface area contributed by atoms with Gasteiger partial charge in [-0.05, 0) is 25.1 Å². The van der Waals surface area contributed by atoms with Gasteiger partial charge in [-0.3, -0.25) is 0 Å². The van der Waals surface area contributed by atoms with E-state index in [0.717, 1.165) is 18.5 Å². The Morgan fingerprint density at radius 1 is 1.38 bits per heavy atom. The largest absolute Gasteiger partial charge is 0.329 e. The molecule has 0 saturated carbocycles. The van der Waals surface area contributed by atoms with Crippen LogP contribution in [-0.2, 0) is 0 Å². The Morgan fingerprint density at radius 3 is 2.50 bits per heavy atom. The fraction of sp³-hybridized carbons (Fsp3) is 0.333. The second-order valence-electron chi connectivity index (χ2n) is 3.46. The summed E-state index contributed by atoms with van der Waals surface area (Å²) in [5, 5.41) is 4.60. The lowest BCUT2D eigenvalue weighted by atomic mass is 10.1. The quantitative estimate of drug-likeness (QED) is 0.608. The van der Waals surface area contributed by atoms with E-state index in [-0.39, 0.29) is 6.04 Å². The summed E-state index contributed by atoms with van der Waals surface area (Å²) in [6.45, 7) is 4.94. The Balaban J connectivity index is 2.81. The van der Waals surface area contributed by atoms with Gasteiger partial charge < -0.3 is 11.1 Å². The SMILES string of the molecule is C=CCCNC(CN)c1c(Cl)cccc1Cl. The van der Waals surface area contributed by atoms with Crippen molar-refractivity contribution >= 4 is 23.2 Å². The van der Waals surface area contributed by atoms with Crippen molar-refractivity contribution < 1.29 is 0 Å². The molecule has 4 heteroatoms. The molecule has 0 aromatic heterocycles. The van der Waals surface area contributed by atoms with Crippen molar-refractivity contribution in [3.63, 3.8) is 0 Å². The highest BCUT2D eigenvalue weighted by Gasteiger charge is 2.15. The molecular weight excluding hydrogens is 243 g/mol. The maximum Gasteiger partial charge on any atom is 0.0474 e. The maximum absolute atomic E-state index is 6.12. The van der Waals surface area contributed by atoms with E-state index >= 15 is 0 Å². The summed E-state index contributed by atoms with van der Waals surface area (Å²) in [4.78, 5) is 0. The first-order valence-corrected chi connectivity index (χ1v) is 5.94. The molecule has 0 saturated heterocycles. The third-order valence-electron chi connectivity index (χ3n) is 2.32. The molecule has 0 aliphatic rings. The molecule has 0 radical (unpaired) electrons. The summed E-state index contributed by atoms with van der Waals surface area (Å²) >= 11 is 12.2. The number of benzene rings is 1. The molecular formula is C12H16Cl2N2. The molecule has 1 unspecified atom stereocenters. The summed E-state index contributed by atoms with van der Waals surface area (Å²) in [6.07, 6.45) is 2.74. The van der Waals surface area contributed by atoms with Crippen molar-refractivity contribution in [2.24, 2.45) is 5.73 Å². The number of nitrogens with one attached hydrogen (secondary N) is 1. The number of hydrogen-bond acceptors (Lipinski definition) is 2. The number of rotatable bonds is 6. The molecule has 0 heterocycles. The zero-order valence-electron chi connectivity index (χ0n) is 9.05. The summed E-state index contributed by atoms with van der Waals surface area (Å²) in [5.41, 5.74) is 6.59. The van der Waals surface area contributed by atoms with E-state index < -0.39 is 0 Å². The highest BCUT2D eigenvalue weighted by atomic mass is 35.5. The van der Waals surface area contributed by atoms with Gasteiger partial charge in [0, 0.05) is 28.2 Å². The molecule has 0 amide bonds. The molecule has 1 aromatic carbocycles. The smallest absolute Gasteiger partial charge is 0.0474 e. The first-order valence-electron chi connectivity index (χ1n) is 5.19. The van der Waals surface area contributed by atoms with Crippen LogP contribution in [0.1, 0.15) is 18.0 Å². The summed E-state index contributed by atoms with van der Waals surface area (Å²) in [5.74, 6) is 0. The minimum Gasteiger partial charge on any atom is -0.329 e. The van der Waals surface area contributed by atoms with Gasteiger partial charge in [0.05, 0.1) is 0 Å². The van der Waals surface area contributed by atoms with E-state index in [0.29, 0.717) is 16.6 Å². The highest BCUT2D eigenvalue weighted by Crippen LogP contribution is 2.29. The number of hydrogen-bond donors (Lipinski definition) is 2. The maximum atomic E-state index is 6.12. The zero-order chi connectivity index (χ0) is 12.0. The number of halogens is 2. The van der Waals surface area contributed by atoms with E-state index in [1.54, 1.807) is 0 Å². The molecule has 1 aromatic rings. The average molecular weight is 259 g/mol. The molecule has 3 N–H and O–H groups in total. The Kier molecular flexibility index (Phi) is 5.85. The van der Waals surface area contributed by atoms with Crippen molar-refractivity contribution in [3.05, 3.63) is 46.5 Å². The van der Waals surface area contributed by atoms with Crippen LogP contribution in [0.25, 0.3) is 0 Å². The molecule has 1 rings (SSSR count). The Bertz CT molecular complexity index is 333. The molecule has 0 bridgehead atoms. The summed E-state index contributed by atoms with van der Waals surface area (Å²) < 4.78 is 0. The van der Waals surface area contributed by atoms with Crippen LogP contribution in [0.5, 0.6) is 0 Å². The van der Waals surface area contributed by atoms with Crippen LogP contribution in [0.2, 0.25) is 10.0 Å². The van der Waals surface area contributed by atoms with E-state index in [1.807, 2.05) is 24.3 Å². The second kappa shape index (κ2) is 6.92. The zero-order valence-corrected chi connectivity index (χ0v) is 10.6. The second-order valence-corrected chi connectivity index (χ2v) is 4.27. The van der Waals surface area contributed by atoms with Crippen molar-refractivity contribution in [1.29, 1.82) is 0 Å². The van der Waals surface area contributed by atoms with Crippen LogP contribution in [0.15, 0.2) is 30.9 Å². The molecule has 2 nitrogen and oxygen atoms in total. The summed E-state index contributed by atoms with van der Waals surface area (Å²) in [6, 6.07) is 5.45. The Morgan fingerprint density at radius 2 is 2.00 bits per heavy atom. The third kappa shape index (κ3) is 3.49. The van der Waals surface area contributed by atoms with Gasteiger partial charge >= 0.3 is 0 Å². The van der Waals surface area contributed by atoms with Crippen molar-refractivity contribution in [2.75, 3.05) is 13.1 Å². The molecule has 0 spiro atoms. The lowest BCUT2D eigenvalue weighted by Crippen LogP contribution is -2.29. The fourth-order valence-corrected chi connectivity index (χ4v) is 2.17. The van der Waals surface area contributed by atoms with Crippen LogP contribution in [-0.4, -0.2) is 13.1 Å². The lowest BCUT2D eigenvalue weighted by molar-refractivity contribution is 0.549. The van der Waals surface area contributed by atoms with Crippen LogP contribution >= 0.6 is 23.2 Å². The average Bonchev–Trinajstić information content (AvgIpc) is 2.26. The topological polar surface area (TPSA) is 38.0 Å². The molecule has 0 fully saturated rings. The van der Waals surface area contributed by atoms with Crippen LogP contribution < -0.4 is 11.1 Å². The molecule has 1 atom stereocenters. The van der Waals surface area contributed by atoms with Gasteiger partial charge in [-0.1, -0.05) is 35.3 Å². The van der Waals surface area contributed by atoms with Crippen LogP contribution in [0.3, 0.4) is 0 Å². The van der Waals surface area contributed by atoms with E-state index in [1.165, 1.54) is 0 Å². The third-order valence-corrected chi connectivity index (χ3v) is 2.98. The van der Waals surface area contributed by atoms with Crippen LogP contribution in [0.4, 0.5) is 0 Å². The van der Waals surface area contributed by atoms with E-state index in [2.05, 4.69) is 11.9 Å². The van der Waals surface area contributed by atoms with Gasteiger partial charge in [-0.15, -0.1) is 6.58 Å². The molecule has 0 aliphatic carbocycles. The first-order chi connectivity index (χ1) is 7.70. The van der Waals surface area contributed by atoms with Crippen molar-refractivity contribution in [1.82, 2.24) is 5.32 Å². The molecule has 88 valence electrons. The fourth-order valence-electron chi connectivity index (χ4n) is 1.51. The van der Waals surface area contributed by atoms with Crippen LogP contribution in [0, 0.1) is 0 Å². The predicted molar refractivity (Wildman–Crippen MR) is 71.1 cm³/mol. The van der Waals surface area contributed by atoms with Crippen molar-refractivity contribution in [3.8, 4) is 0 Å². The van der Waals surface area contributed by atoms with Gasteiger partial charge in [0.1, 0.15) is 0 Å². The minimum absolute atomic E-state index is 0.0128. The van der Waals surface area contributed by atoms with E-state index in [9.17, 15) is 0 Å². The number of nitrogens with two attached hydrogens (primary N) is 1. The normalized spacial score (nSPS) is 12.4. The Labute approximate surface area is 106 Å². The lowest BCUT2D eigenvalue weighted by Gasteiger charge is -2.19. The monoisotopic (exact) mass is 258 g/mol. The highest BCUT2D eigenvalue weighted by molar-refractivity contribution is 6.36. The van der Waals surface area contributed by atoms with E-state index in [4.69, 9.17) is 28.9 Å². The standard InChI is InChI=1S/C12H16Cl2N2/c1-2-3-7-16-11(8-15)12-9(13)5-4-6-10(12)14/h2,4-6,11,16H,1,3,7-8,15H2. The van der Waals surface area contributed by atoms with Gasteiger partial charge in [-0.2, -0.15) is 0 Å². The molecule has 16 heavy (non-hydrogen) atoms. The predicted octanol–water partition coefficient (Wildman–Crippen LogP) is 3.16. The van der Waals surface area contributed by atoms with Gasteiger partial charge in [0.2, 0.25) is 0 Å². The first kappa shape index (κ1) is 13.5. The summed E-state index contributed by atoms with van der Waals surface area (Å²) in [7, 11) is 0. The molecule has 0 aliphatic heterocycles. The van der Waals surface area contributed by atoms with Gasteiger partial charge in [-0.25, -0.2) is 0 Å². The van der Waals surface area contributed by atoms with Gasteiger partial charge in [0.25, 0.3) is 0 Å². The Hall–Kier alpha value is -0.540. The minimum atomic E-state index is -0.0128. The van der Waals surface area contributed by atoms with Gasteiger partial charge in [0.15, 0.2) is 0 Å². The van der Waals surface area contributed by atoms with Crippen molar-refractivity contribution in [2.45, 2.75) is 12.5 Å².